The minimum absolute atomic E-state index is 0.00749. The fourth-order valence-corrected chi connectivity index (χ4v) is 7.98. The number of aliphatic carboxylic acids is 2. The third-order valence-electron chi connectivity index (χ3n) is 12.7. The summed E-state index contributed by atoms with van der Waals surface area (Å²) in [6, 6.07) is 4.91. The lowest BCUT2D eigenvalue weighted by atomic mass is 9.94. The van der Waals surface area contributed by atoms with E-state index in [0.29, 0.717) is 17.6 Å². The zero-order valence-corrected chi connectivity index (χ0v) is 43.7. The molecule has 0 saturated carbocycles. The largest absolute Gasteiger partial charge is 0.504 e. The number of benzene rings is 2. The highest BCUT2D eigenvalue weighted by Crippen LogP contribution is 2.27. The average molecular weight is 1030 g/mol. The molecule has 404 valence electrons. The third-order valence-corrected chi connectivity index (χ3v) is 12.7. The number of amides is 7. The number of phenolic OH excluding ortho intramolecular Hbond substituents is 1. The number of likely N-dealkylation sites (N-methyl/N-ethyl adjacent to an activating group) is 1. The number of nitrogens with one attached hydrogen (secondary N) is 6. The fraction of sp³-hybridized carbons (Fsp3) is 0.491. The minimum atomic E-state index is -1.92. The monoisotopic (exact) mass is 1030 g/mol. The van der Waals surface area contributed by atoms with E-state index in [4.69, 9.17) is 9.47 Å². The number of phenols is 1. The molecule has 10 atom stereocenters. The molecule has 74 heavy (non-hydrogen) atoms. The molecule has 2 aromatic rings. The van der Waals surface area contributed by atoms with Crippen molar-refractivity contribution in [2.45, 2.75) is 123 Å². The first kappa shape index (κ1) is 60.8. The number of aromatic hydroxyl groups is 1. The van der Waals surface area contributed by atoms with E-state index in [1.165, 1.54) is 59.2 Å². The third kappa shape index (κ3) is 18.2. The van der Waals surface area contributed by atoms with Crippen LogP contribution in [0.5, 0.6) is 11.5 Å². The van der Waals surface area contributed by atoms with E-state index in [1.807, 2.05) is 43.3 Å². The maximum atomic E-state index is 14.7. The van der Waals surface area contributed by atoms with Gasteiger partial charge in [0.15, 0.2) is 11.5 Å². The van der Waals surface area contributed by atoms with Crippen LogP contribution in [0.3, 0.4) is 0 Å². The van der Waals surface area contributed by atoms with Crippen LogP contribution >= 0.6 is 0 Å². The number of ether oxygens (including phenoxy) is 2. The number of carbonyl (C=O) groups is 9. The Balaban J connectivity index is 2.19. The molecule has 2 aromatic carbocycles. The average Bonchev–Trinajstić information content (AvgIpc) is 3.35. The molecular formula is C53H73N7O14. The Morgan fingerprint density at radius 3 is 2.00 bits per heavy atom. The number of hydrogen-bond donors (Lipinski definition) is 9. The van der Waals surface area contributed by atoms with Crippen molar-refractivity contribution in [3.8, 4) is 11.5 Å². The lowest BCUT2D eigenvalue weighted by Crippen LogP contribution is -2.59. The van der Waals surface area contributed by atoms with Crippen molar-refractivity contribution in [2.75, 3.05) is 21.3 Å². The van der Waals surface area contributed by atoms with Gasteiger partial charge < -0.3 is 61.6 Å². The Bertz CT molecular complexity index is 2420. The summed E-state index contributed by atoms with van der Waals surface area (Å²) in [4.78, 5) is 123. The van der Waals surface area contributed by atoms with Gasteiger partial charge in [0.05, 0.1) is 31.1 Å². The van der Waals surface area contributed by atoms with E-state index in [-0.39, 0.29) is 42.3 Å². The van der Waals surface area contributed by atoms with Crippen LogP contribution in [0, 0.1) is 23.7 Å². The highest BCUT2D eigenvalue weighted by Gasteiger charge is 2.38. The van der Waals surface area contributed by atoms with Crippen molar-refractivity contribution in [1.29, 1.82) is 0 Å². The SMILES string of the molecule is C=C1C(=O)N[C@H](C)C(=O)N[C@@H](CC(C)C)C(=O)N[C@@H](C(=O)O)[C@H](C)C(=O)N[C@@H](Cc2ccc(O)c(OC)c2)C(=O)N[C@@H](/C=C/C(C)=C/[C@H](C)[C@H](Cc2ccccc2)OC)[C@H](C)C(=O)N[C@@H](C(=O)O)CCC(=O)N1C. The molecule has 0 bridgehead atoms. The zero-order chi connectivity index (χ0) is 55.6. The summed E-state index contributed by atoms with van der Waals surface area (Å²) < 4.78 is 11.1. The van der Waals surface area contributed by atoms with Crippen molar-refractivity contribution >= 4 is 53.3 Å². The summed E-state index contributed by atoms with van der Waals surface area (Å²) in [5.41, 5.74) is 1.69. The van der Waals surface area contributed by atoms with Gasteiger partial charge in [0.2, 0.25) is 35.4 Å². The quantitative estimate of drug-likeness (QED) is 0.0971. The van der Waals surface area contributed by atoms with Gasteiger partial charge in [-0.05, 0) is 62.3 Å². The topological polar surface area (TPSA) is 308 Å². The fourth-order valence-electron chi connectivity index (χ4n) is 7.98. The first-order chi connectivity index (χ1) is 34.8. The van der Waals surface area contributed by atoms with Crippen LogP contribution in [0.4, 0.5) is 0 Å². The van der Waals surface area contributed by atoms with Crippen LogP contribution in [0.2, 0.25) is 0 Å². The number of allylic oxidation sites excluding steroid dienone is 2. The predicted molar refractivity (Wildman–Crippen MR) is 273 cm³/mol. The second kappa shape index (κ2) is 28.6. The van der Waals surface area contributed by atoms with Crippen molar-refractivity contribution in [1.82, 2.24) is 36.8 Å². The van der Waals surface area contributed by atoms with Crippen LogP contribution in [-0.2, 0) is 60.7 Å². The van der Waals surface area contributed by atoms with Gasteiger partial charge in [-0.25, -0.2) is 9.59 Å². The number of nitrogens with zero attached hydrogens (tertiary/aromatic N) is 1. The number of carbonyl (C=O) groups excluding carboxylic acids is 7. The highest BCUT2D eigenvalue weighted by atomic mass is 16.5. The summed E-state index contributed by atoms with van der Waals surface area (Å²) in [5.74, 6) is -12.8. The standard InChI is InChI=1S/C53H73N7O14/c1-28(2)23-39-51(68)59-45(53(71)72)32(6)47(64)57-40(25-36-18-21-41(61)43(27-36)74-11)50(67)55-37(19-17-29(3)24-30(4)42(73-10)26-35-15-13-12-14-16-35)31(5)46(63)56-38(52(69)70)20-22-44(62)60(9)34(8)49(66)54-33(7)48(65)58-39/h12-19,21,24,27-28,30-33,37-40,42,45,61H,8,20,22-23,25-26H2,1-7,9-11H3,(H,54,66)(H,55,67)(H,56,63)(H,57,64)(H,58,65)(H,59,68)(H,69,70)(H,71,72)/b19-17+,29-24+/t30-,31-,32-,33+,37-,38+,39-,40-,42-,45+/m0/s1. The number of methoxy groups -OCH3 is 2. The van der Waals surface area contributed by atoms with E-state index in [2.05, 4.69) is 38.5 Å². The summed E-state index contributed by atoms with van der Waals surface area (Å²) in [6.45, 7) is 14.8. The van der Waals surface area contributed by atoms with E-state index < -0.39 is 120 Å². The number of carboxylic acids is 2. The minimum Gasteiger partial charge on any atom is -0.504 e. The Morgan fingerprint density at radius 2 is 1.41 bits per heavy atom. The van der Waals surface area contributed by atoms with Gasteiger partial charge in [0.1, 0.15) is 35.9 Å². The molecule has 1 aliphatic heterocycles. The molecule has 1 fully saturated rings. The van der Waals surface area contributed by atoms with Crippen molar-refractivity contribution in [2.24, 2.45) is 23.7 Å². The molecule has 1 aliphatic rings. The van der Waals surface area contributed by atoms with E-state index in [9.17, 15) is 58.5 Å². The Kier molecular flexibility index (Phi) is 23.5. The van der Waals surface area contributed by atoms with E-state index >= 15 is 0 Å². The van der Waals surface area contributed by atoms with Gasteiger partial charge in [0, 0.05) is 32.9 Å². The van der Waals surface area contributed by atoms with Crippen molar-refractivity contribution in [3.63, 3.8) is 0 Å². The molecule has 1 heterocycles. The molecule has 0 unspecified atom stereocenters. The number of carboxylic acid groups (broad SMARTS) is 2. The Morgan fingerprint density at radius 1 is 0.784 bits per heavy atom. The van der Waals surface area contributed by atoms with Crippen LogP contribution < -0.4 is 36.6 Å². The molecule has 9 N–H and O–H groups in total. The smallest absolute Gasteiger partial charge is 0.327 e. The summed E-state index contributed by atoms with van der Waals surface area (Å²) in [7, 11) is 4.12. The first-order valence-electron chi connectivity index (χ1n) is 24.3. The van der Waals surface area contributed by atoms with Crippen LogP contribution in [-0.4, -0.2) is 137 Å². The maximum Gasteiger partial charge on any atom is 0.327 e. The van der Waals surface area contributed by atoms with Crippen molar-refractivity contribution in [3.05, 3.63) is 95.7 Å². The summed E-state index contributed by atoms with van der Waals surface area (Å²) in [6.07, 6.45) is 4.25. The van der Waals surface area contributed by atoms with Gasteiger partial charge >= 0.3 is 11.9 Å². The number of hydrogen-bond acceptors (Lipinski definition) is 12. The highest BCUT2D eigenvalue weighted by molar-refractivity contribution is 6.00. The maximum absolute atomic E-state index is 14.7. The van der Waals surface area contributed by atoms with E-state index in [1.54, 1.807) is 34.0 Å². The molecule has 0 spiro atoms. The number of rotatable bonds is 14. The Hall–Kier alpha value is -7.55. The zero-order valence-electron chi connectivity index (χ0n) is 43.7. The van der Waals surface area contributed by atoms with Gasteiger partial charge in [-0.15, -0.1) is 0 Å². The molecule has 0 radical (unpaired) electrons. The van der Waals surface area contributed by atoms with Crippen LogP contribution in [0.25, 0.3) is 0 Å². The lowest BCUT2D eigenvalue weighted by molar-refractivity contribution is -0.146. The molecule has 21 nitrogen and oxygen atoms in total. The second-order valence-electron chi connectivity index (χ2n) is 19.0. The normalized spacial score (nSPS) is 24.8. The van der Waals surface area contributed by atoms with Crippen LogP contribution in [0.1, 0.15) is 78.9 Å². The molecule has 0 aliphatic carbocycles. The van der Waals surface area contributed by atoms with E-state index in [0.717, 1.165) is 10.5 Å². The summed E-state index contributed by atoms with van der Waals surface area (Å²) in [5, 5.41) is 46.0. The van der Waals surface area contributed by atoms with Gasteiger partial charge in [-0.2, -0.15) is 0 Å². The molecule has 1 saturated heterocycles. The van der Waals surface area contributed by atoms with Crippen LogP contribution in [0.15, 0.2) is 84.6 Å². The summed E-state index contributed by atoms with van der Waals surface area (Å²) >= 11 is 0. The molecule has 3 rings (SSSR count). The Labute approximate surface area is 431 Å². The molecule has 0 aromatic heterocycles. The predicted octanol–water partition coefficient (Wildman–Crippen LogP) is 2.52. The lowest BCUT2D eigenvalue weighted by Gasteiger charge is -2.29. The van der Waals surface area contributed by atoms with Gasteiger partial charge in [-0.1, -0.05) is 101 Å². The van der Waals surface area contributed by atoms with Gasteiger partial charge in [0.25, 0.3) is 5.91 Å². The molecule has 21 heteroatoms. The first-order valence-corrected chi connectivity index (χ1v) is 24.3. The van der Waals surface area contributed by atoms with Gasteiger partial charge in [-0.3, -0.25) is 33.6 Å². The van der Waals surface area contributed by atoms with Crippen molar-refractivity contribution < 1.29 is 67.9 Å². The molecular weight excluding hydrogens is 959 g/mol. The second-order valence-corrected chi connectivity index (χ2v) is 19.0. The molecule has 7 amide bonds.